The number of anilines is 1. The molecule has 1 aliphatic rings. The molecule has 0 N–H and O–H groups in total. The summed E-state index contributed by atoms with van der Waals surface area (Å²) in [5.74, 6) is 0.519. The van der Waals surface area contributed by atoms with Gasteiger partial charge in [-0.05, 0) is 51.0 Å². The Morgan fingerprint density at radius 1 is 1.26 bits per heavy atom. The molecule has 1 aliphatic heterocycles. The number of amides is 1. The van der Waals surface area contributed by atoms with E-state index in [-0.39, 0.29) is 5.91 Å². The second-order valence-electron chi connectivity index (χ2n) is 5.69. The van der Waals surface area contributed by atoms with Gasteiger partial charge in [0.05, 0.1) is 18.6 Å². The van der Waals surface area contributed by atoms with Crippen molar-refractivity contribution in [3.05, 3.63) is 24.3 Å². The molecule has 1 fully saturated rings. The standard InChI is InChI=1S/C16H24N2O4S/c1-4-22-15-9-7-14(8-10-15)18(23(3,20)21)13(2)16(19)17-11-5-6-12-17/h7-10,13H,4-6,11-12H2,1-3H3. The number of hydrogen-bond acceptors (Lipinski definition) is 4. The van der Waals surface area contributed by atoms with E-state index in [1.807, 2.05) is 6.92 Å². The average molecular weight is 340 g/mol. The lowest BCUT2D eigenvalue weighted by Crippen LogP contribution is -2.48. The smallest absolute Gasteiger partial charge is 0.246 e. The fraction of sp³-hybridized carbons (Fsp3) is 0.562. The molecule has 1 saturated heterocycles. The average Bonchev–Trinajstić information content (AvgIpc) is 3.01. The van der Waals surface area contributed by atoms with E-state index in [0.717, 1.165) is 19.1 Å². The lowest BCUT2D eigenvalue weighted by atomic mass is 10.2. The lowest BCUT2D eigenvalue weighted by molar-refractivity contribution is -0.130. The molecule has 1 aromatic carbocycles. The monoisotopic (exact) mass is 340 g/mol. The molecule has 6 nitrogen and oxygen atoms in total. The van der Waals surface area contributed by atoms with Gasteiger partial charge in [-0.2, -0.15) is 0 Å². The maximum atomic E-state index is 12.6. The van der Waals surface area contributed by atoms with E-state index in [9.17, 15) is 13.2 Å². The van der Waals surface area contributed by atoms with Crippen LogP contribution in [0.5, 0.6) is 5.75 Å². The maximum absolute atomic E-state index is 12.6. The van der Waals surface area contributed by atoms with Crippen molar-refractivity contribution in [3.63, 3.8) is 0 Å². The summed E-state index contributed by atoms with van der Waals surface area (Å²) >= 11 is 0. The molecule has 0 spiro atoms. The van der Waals surface area contributed by atoms with E-state index < -0.39 is 16.1 Å². The quantitative estimate of drug-likeness (QED) is 0.793. The fourth-order valence-electron chi connectivity index (χ4n) is 2.86. The van der Waals surface area contributed by atoms with Crippen LogP contribution in [0.25, 0.3) is 0 Å². The third kappa shape index (κ3) is 4.16. The van der Waals surface area contributed by atoms with Crippen LogP contribution in [-0.4, -0.2) is 51.2 Å². The highest BCUT2D eigenvalue weighted by molar-refractivity contribution is 7.92. The Morgan fingerprint density at radius 3 is 2.30 bits per heavy atom. The second kappa shape index (κ2) is 7.21. The van der Waals surface area contributed by atoms with Crippen molar-refractivity contribution in [2.75, 3.05) is 30.3 Å². The Balaban J connectivity index is 2.27. The number of ether oxygens (including phenoxy) is 1. The lowest BCUT2D eigenvalue weighted by Gasteiger charge is -2.31. The summed E-state index contributed by atoms with van der Waals surface area (Å²) in [5, 5.41) is 0. The van der Waals surface area contributed by atoms with Crippen molar-refractivity contribution < 1.29 is 17.9 Å². The molecule has 0 radical (unpaired) electrons. The highest BCUT2D eigenvalue weighted by Gasteiger charge is 2.32. The van der Waals surface area contributed by atoms with Gasteiger partial charge < -0.3 is 9.64 Å². The molecule has 0 aliphatic carbocycles. The van der Waals surface area contributed by atoms with E-state index in [1.165, 1.54) is 4.31 Å². The molecular formula is C16H24N2O4S. The van der Waals surface area contributed by atoms with Gasteiger partial charge in [0.1, 0.15) is 11.8 Å². The molecule has 2 rings (SSSR count). The zero-order valence-corrected chi connectivity index (χ0v) is 14.7. The van der Waals surface area contributed by atoms with E-state index in [4.69, 9.17) is 4.74 Å². The van der Waals surface area contributed by atoms with Gasteiger partial charge in [-0.1, -0.05) is 0 Å². The number of likely N-dealkylation sites (tertiary alicyclic amines) is 1. The molecule has 0 aromatic heterocycles. The predicted octanol–water partition coefficient (Wildman–Crippen LogP) is 1.86. The molecule has 1 aromatic rings. The van der Waals surface area contributed by atoms with Crippen molar-refractivity contribution in [1.82, 2.24) is 4.90 Å². The minimum Gasteiger partial charge on any atom is -0.494 e. The predicted molar refractivity (Wildman–Crippen MR) is 90.2 cm³/mol. The van der Waals surface area contributed by atoms with E-state index >= 15 is 0 Å². The first kappa shape index (κ1) is 17.6. The molecule has 1 atom stereocenters. The number of hydrogen-bond donors (Lipinski definition) is 0. The van der Waals surface area contributed by atoms with Crippen LogP contribution in [0.1, 0.15) is 26.7 Å². The molecule has 1 heterocycles. The zero-order valence-electron chi connectivity index (χ0n) is 13.9. The summed E-state index contributed by atoms with van der Waals surface area (Å²) < 4.78 is 31.0. The minimum absolute atomic E-state index is 0.151. The highest BCUT2D eigenvalue weighted by atomic mass is 32.2. The van der Waals surface area contributed by atoms with E-state index in [0.29, 0.717) is 31.1 Å². The van der Waals surface area contributed by atoms with Crippen LogP contribution in [0.15, 0.2) is 24.3 Å². The van der Waals surface area contributed by atoms with Gasteiger partial charge in [0.25, 0.3) is 0 Å². The number of benzene rings is 1. The Morgan fingerprint density at radius 2 is 1.83 bits per heavy atom. The van der Waals surface area contributed by atoms with Crippen molar-refractivity contribution >= 4 is 21.6 Å². The van der Waals surface area contributed by atoms with Crippen LogP contribution in [0.4, 0.5) is 5.69 Å². The van der Waals surface area contributed by atoms with Crippen molar-refractivity contribution in [2.24, 2.45) is 0 Å². The third-order valence-corrected chi connectivity index (χ3v) is 5.13. The van der Waals surface area contributed by atoms with Gasteiger partial charge in [-0.3, -0.25) is 9.10 Å². The van der Waals surface area contributed by atoms with Gasteiger partial charge in [-0.25, -0.2) is 8.42 Å². The summed E-state index contributed by atoms with van der Waals surface area (Å²) in [6, 6.07) is 5.99. The first-order valence-corrected chi connectivity index (χ1v) is 9.70. The molecule has 0 saturated carbocycles. The molecule has 1 unspecified atom stereocenters. The molecule has 128 valence electrons. The molecule has 1 amide bonds. The first-order valence-electron chi connectivity index (χ1n) is 7.85. The van der Waals surface area contributed by atoms with Gasteiger partial charge in [0, 0.05) is 13.1 Å². The summed E-state index contributed by atoms with van der Waals surface area (Å²) in [7, 11) is -3.57. The molecule has 0 bridgehead atoms. The Kier molecular flexibility index (Phi) is 5.51. The van der Waals surface area contributed by atoms with Gasteiger partial charge in [0.15, 0.2) is 0 Å². The number of rotatable bonds is 6. The van der Waals surface area contributed by atoms with Gasteiger partial charge in [-0.15, -0.1) is 0 Å². The number of carbonyl (C=O) groups excluding carboxylic acids is 1. The largest absolute Gasteiger partial charge is 0.494 e. The SMILES string of the molecule is CCOc1ccc(N(C(C)C(=O)N2CCCC2)S(C)(=O)=O)cc1. The van der Waals surface area contributed by atoms with Crippen LogP contribution in [0.3, 0.4) is 0 Å². The summed E-state index contributed by atoms with van der Waals surface area (Å²) in [4.78, 5) is 14.3. The van der Waals surface area contributed by atoms with Crippen LogP contribution in [0, 0.1) is 0 Å². The van der Waals surface area contributed by atoms with Crippen LogP contribution in [0.2, 0.25) is 0 Å². The topological polar surface area (TPSA) is 66.9 Å². The zero-order chi connectivity index (χ0) is 17.0. The Bertz CT molecular complexity index is 637. The Labute approximate surface area is 138 Å². The number of carbonyl (C=O) groups is 1. The van der Waals surface area contributed by atoms with Crippen LogP contribution < -0.4 is 9.04 Å². The molecular weight excluding hydrogens is 316 g/mol. The third-order valence-electron chi connectivity index (χ3n) is 3.89. The van der Waals surface area contributed by atoms with Gasteiger partial charge in [0.2, 0.25) is 15.9 Å². The van der Waals surface area contributed by atoms with Gasteiger partial charge >= 0.3 is 0 Å². The fourth-order valence-corrected chi connectivity index (χ4v) is 4.03. The van der Waals surface area contributed by atoms with Crippen LogP contribution in [-0.2, 0) is 14.8 Å². The van der Waals surface area contributed by atoms with Crippen molar-refractivity contribution in [3.8, 4) is 5.75 Å². The molecule has 23 heavy (non-hydrogen) atoms. The second-order valence-corrected chi connectivity index (χ2v) is 7.55. The number of sulfonamides is 1. The summed E-state index contributed by atoms with van der Waals surface area (Å²) in [6.45, 7) is 5.46. The Hall–Kier alpha value is -1.76. The number of nitrogens with zero attached hydrogens (tertiary/aromatic N) is 2. The van der Waals surface area contributed by atoms with Crippen molar-refractivity contribution in [2.45, 2.75) is 32.7 Å². The maximum Gasteiger partial charge on any atom is 0.246 e. The van der Waals surface area contributed by atoms with E-state index in [1.54, 1.807) is 36.1 Å². The van der Waals surface area contributed by atoms with E-state index in [2.05, 4.69) is 0 Å². The summed E-state index contributed by atoms with van der Waals surface area (Å²) in [5.41, 5.74) is 0.469. The summed E-state index contributed by atoms with van der Waals surface area (Å²) in [6.07, 6.45) is 3.07. The normalized spacial score (nSPS) is 16.2. The highest BCUT2D eigenvalue weighted by Crippen LogP contribution is 2.25. The van der Waals surface area contributed by atoms with Crippen LogP contribution >= 0.6 is 0 Å². The first-order chi connectivity index (χ1) is 10.8. The molecule has 7 heteroatoms. The van der Waals surface area contributed by atoms with Crippen molar-refractivity contribution in [1.29, 1.82) is 0 Å². The minimum atomic E-state index is -3.57.